The van der Waals surface area contributed by atoms with E-state index in [0.717, 1.165) is 21.6 Å². The minimum absolute atomic E-state index is 0.245. The lowest BCUT2D eigenvalue weighted by Crippen LogP contribution is -2.19. The van der Waals surface area contributed by atoms with Crippen molar-refractivity contribution < 1.29 is 14.3 Å². The molecule has 1 atom stereocenters. The van der Waals surface area contributed by atoms with E-state index in [-0.39, 0.29) is 11.8 Å². The van der Waals surface area contributed by atoms with Crippen molar-refractivity contribution in [2.45, 2.75) is 10.1 Å². The van der Waals surface area contributed by atoms with E-state index in [1.807, 2.05) is 84.2 Å². The molecule has 202 valence electrons. The van der Waals surface area contributed by atoms with Crippen molar-refractivity contribution >= 4 is 45.6 Å². The molecular weight excluding hydrogens is 551 g/mol. The molecule has 0 aliphatic carbocycles. The van der Waals surface area contributed by atoms with Gasteiger partial charge in [-0.05, 0) is 47.5 Å². The SMILES string of the molecule is COc1cccc(C(=O)Nc2cccc(SC(C(=O)Nc3scc(-c4ccccc4)c3C#N)c3ccccc3)c2)c1. The Morgan fingerprint density at radius 1 is 0.878 bits per heavy atom. The fraction of sp³-hybridized carbons (Fsp3) is 0.0606. The van der Waals surface area contributed by atoms with E-state index < -0.39 is 5.25 Å². The lowest BCUT2D eigenvalue weighted by Gasteiger charge is -2.17. The zero-order chi connectivity index (χ0) is 28.6. The lowest BCUT2D eigenvalue weighted by atomic mass is 10.1. The smallest absolute Gasteiger partial charge is 0.255 e. The highest BCUT2D eigenvalue weighted by Gasteiger charge is 2.25. The van der Waals surface area contributed by atoms with E-state index in [4.69, 9.17) is 4.74 Å². The Balaban J connectivity index is 1.38. The molecule has 5 rings (SSSR count). The van der Waals surface area contributed by atoms with Gasteiger partial charge in [0.2, 0.25) is 5.91 Å². The maximum absolute atomic E-state index is 13.7. The molecule has 6 nitrogen and oxygen atoms in total. The number of anilines is 2. The van der Waals surface area contributed by atoms with Crippen LogP contribution < -0.4 is 15.4 Å². The van der Waals surface area contributed by atoms with E-state index in [9.17, 15) is 14.9 Å². The summed E-state index contributed by atoms with van der Waals surface area (Å²) in [5, 5.41) is 17.7. The monoisotopic (exact) mass is 575 g/mol. The third-order valence-electron chi connectivity index (χ3n) is 6.24. The number of hydrogen-bond acceptors (Lipinski definition) is 6. The molecule has 0 aliphatic heterocycles. The average molecular weight is 576 g/mol. The summed E-state index contributed by atoms with van der Waals surface area (Å²) in [6, 6.07) is 35.7. The fourth-order valence-electron chi connectivity index (χ4n) is 4.22. The predicted octanol–water partition coefficient (Wildman–Crippen LogP) is 8.02. The zero-order valence-corrected chi connectivity index (χ0v) is 23.7. The highest BCUT2D eigenvalue weighted by molar-refractivity contribution is 8.00. The van der Waals surface area contributed by atoms with Crippen LogP contribution in [0.25, 0.3) is 11.1 Å². The van der Waals surface area contributed by atoms with E-state index >= 15 is 0 Å². The number of methoxy groups -OCH3 is 1. The summed E-state index contributed by atoms with van der Waals surface area (Å²) in [6.45, 7) is 0. The average Bonchev–Trinajstić information content (AvgIpc) is 3.43. The van der Waals surface area contributed by atoms with Crippen LogP contribution in [-0.4, -0.2) is 18.9 Å². The van der Waals surface area contributed by atoms with Gasteiger partial charge in [-0.2, -0.15) is 5.26 Å². The molecule has 2 amide bonds. The molecule has 0 aliphatic rings. The quantitative estimate of drug-likeness (QED) is 0.174. The molecule has 0 bridgehead atoms. The molecule has 1 unspecified atom stereocenters. The van der Waals surface area contributed by atoms with Gasteiger partial charge < -0.3 is 15.4 Å². The minimum atomic E-state index is -0.602. The first-order valence-electron chi connectivity index (χ1n) is 12.7. The Kier molecular flexibility index (Phi) is 8.79. The molecule has 0 saturated carbocycles. The lowest BCUT2D eigenvalue weighted by molar-refractivity contribution is -0.115. The van der Waals surface area contributed by atoms with Crippen LogP contribution in [0, 0.1) is 11.3 Å². The molecule has 2 N–H and O–H groups in total. The molecule has 0 radical (unpaired) electrons. The summed E-state index contributed by atoms with van der Waals surface area (Å²) < 4.78 is 5.23. The molecular formula is C33H25N3O3S2. The second-order valence-corrected chi connectivity index (χ2v) is 11.0. The molecule has 5 aromatic rings. The second kappa shape index (κ2) is 13.0. The van der Waals surface area contributed by atoms with E-state index in [0.29, 0.717) is 27.6 Å². The third kappa shape index (κ3) is 6.67. The summed E-state index contributed by atoms with van der Waals surface area (Å²) in [4.78, 5) is 27.4. The van der Waals surface area contributed by atoms with Gasteiger partial charge in [-0.3, -0.25) is 9.59 Å². The first-order valence-corrected chi connectivity index (χ1v) is 14.5. The summed E-state index contributed by atoms with van der Waals surface area (Å²) in [5.74, 6) is 0.0872. The van der Waals surface area contributed by atoms with Crippen LogP contribution in [-0.2, 0) is 4.79 Å². The van der Waals surface area contributed by atoms with Gasteiger partial charge in [-0.1, -0.05) is 72.8 Å². The second-order valence-electron chi connectivity index (χ2n) is 8.94. The van der Waals surface area contributed by atoms with Gasteiger partial charge in [-0.15, -0.1) is 23.1 Å². The van der Waals surface area contributed by atoms with Crippen molar-refractivity contribution in [1.29, 1.82) is 5.26 Å². The normalized spacial score (nSPS) is 11.2. The number of carbonyl (C=O) groups excluding carboxylic acids is 2. The van der Waals surface area contributed by atoms with Crippen LogP contribution in [0.15, 0.2) is 119 Å². The molecule has 1 heterocycles. The Morgan fingerprint density at radius 2 is 1.61 bits per heavy atom. The summed E-state index contributed by atoms with van der Waals surface area (Å²) in [6.07, 6.45) is 0. The van der Waals surface area contributed by atoms with Gasteiger partial charge in [0, 0.05) is 27.1 Å². The van der Waals surface area contributed by atoms with Crippen LogP contribution in [0.3, 0.4) is 0 Å². The number of carbonyl (C=O) groups is 2. The van der Waals surface area contributed by atoms with Gasteiger partial charge in [-0.25, -0.2) is 0 Å². The van der Waals surface area contributed by atoms with Crippen LogP contribution in [0.2, 0.25) is 0 Å². The number of hydrogen-bond donors (Lipinski definition) is 2. The number of benzene rings is 4. The van der Waals surface area contributed by atoms with Gasteiger partial charge in [0.15, 0.2) is 0 Å². The number of nitrogens with one attached hydrogen (secondary N) is 2. The predicted molar refractivity (Wildman–Crippen MR) is 166 cm³/mol. The number of ether oxygens (including phenoxy) is 1. The van der Waals surface area contributed by atoms with Crippen molar-refractivity contribution in [3.05, 3.63) is 131 Å². The topological polar surface area (TPSA) is 91.2 Å². The number of nitrogens with zero attached hydrogens (tertiary/aromatic N) is 1. The molecule has 0 spiro atoms. The van der Waals surface area contributed by atoms with Gasteiger partial charge in [0.05, 0.1) is 12.7 Å². The third-order valence-corrected chi connectivity index (χ3v) is 8.39. The highest BCUT2D eigenvalue weighted by atomic mass is 32.2. The van der Waals surface area contributed by atoms with Gasteiger partial charge in [0.1, 0.15) is 22.1 Å². The van der Waals surface area contributed by atoms with Crippen molar-refractivity contribution in [2.75, 3.05) is 17.7 Å². The Morgan fingerprint density at radius 3 is 2.34 bits per heavy atom. The van der Waals surface area contributed by atoms with Crippen LogP contribution >= 0.6 is 23.1 Å². The number of thioether (sulfide) groups is 1. The first-order chi connectivity index (χ1) is 20.1. The van der Waals surface area contributed by atoms with Crippen molar-refractivity contribution in [2.24, 2.45) is 0 Å². The Labute approximate surface area is 246 Å². The summed E-state index contributed by atoms with van der Waals surface area (Å²) >= 11 is 2.70. The Bertz CT molecular complexity index is 1710. The van der Waals surface area contributed by atoms with Crippen LogP contribution in [0.1, 0.15) is 26.7 Å². The molecule has 1 aromatic heterocycles. The zero-order valence-electron chi connectivity index (χ0n) is 22.0. The molecule has 8 heteroatoms. The number of amides is 2. The van der Waals surface area contributed by atoms with Crippen molar-refractivity contribution in [3.63, 3.8) is 0 Å². The standard InChI is InChI=1S/C33H25N3O3S2/c1-39-26-16-8-14-24(18-26)31(37)35-25-15-9-17-27(19-25)41-30(23-12-6-3-7-13-23)32(38)36-33-28(20-34)29(21-40-33)22-10-4-2-5-11-22/h2-19,21,30H,1H3,(H,35,37)(H,36,38). The number of thiophene rings is 1. The summed E-state index contributed by atoms with van der Waals surface area (Å²) in [5.41, 5.74) is 4.04. The largest absolute Gasteiger partial charge is 0.497 e. The van der Waals surface area contributed by atoms with Gasteiger partial charge >= 0.3 is 0 Å². The van der Waals surface area contributed by atoms with Crippen molar-refractivity contribution in [3.8, 4) is 22.9 Å². The number of rotatable bonds is 9. The highest BCUT2D eigenvalue weighted by Crippen LogP contribution is 2.40. The van der Waals surface area contributed by atoms with E-state index in [2.05, 4.69) is 16.7 Å². The van der Waals surface area contributed by atoms with Crippen molar-refractivity contribution in [1.82, 2.24) is 0 Å². The fourth-order valence-corrected chi connectivity index (χ4v) is 6.23. The molecule has 4 aromatic carbocycles. The maximum Gasteiger partial charge on any atom is 0.255 e. The minimum Gasteiger partial charge on any atom is -0.497 e. The Hall–Kier alpha value is -4.84. The maximum atomic E-state index is 13.7. The first kappa shape index (κ1) is 27.7. The van der Waals surface area contributed by atoms with E-state index in [1.165, 1.54) is 23.1 Å². The van der Waals surface area contributed by atoms with Crippen LogP contribution in [0.5, 0.6) is 5.75 Å². The van der Waals surface area contributed by atoms with Crippen LogP contribution in [0.4, 0.5) is 10.7 Å². The van der Waals surface area contributed by atoms with Gasteiger partial charge in [0.25, 0.3) is 5.91 Å². The van der Waals surface area contributed by atoms with E-state index in [1.54, 1.807) is 37.4 Å². The summed E-state index contributed by atoms with van der Waals surface area (Å²) in [7, 11) is 1.55. The molecule has 0 saturated heterocycles. The number of nitriles is 1. The molecule has 41 heavy (non-hydrogen) atoms. The molecule has 0 fully saturated rings.